The Kier molecular flexibility index (Phi) is 5.43. The lowest BCUT2D eigenvalue weighted by atomic mass is 10.1. The molecule has 1 aromatic carbocycles. The lowest BCUT2D eigenvalue weighted by Gasteiger charge is -2.17. The van der Waals surface area contributed by atoms with E-state index in [2.05, 4.69) is 15.6 Å². The van der Waals surface area contributed by atoms with Gasteiger partial charge in [-0.2, -0.15) is 0 Å². The number of anilines is 1. The van der Waals surface area contributed by atoms with Crippen molar-refractivity contribution in [1.82, 2.24) is 14.9 Å². The number of carbonyl (C=O) groups excluding carboxylic acids is 2. The summed E-state index contributed by atoms with van der Waals surface area (Å²) in [4.78, 5) is 30.1. The maximum Gasteiger partial charge on any atom is 0.287 e. The lowest BCUT2D eigenvalue weighted by molar-refractivity contribution is 0.0845. The van der Waals surface area contributed by atoms with Crippen LogP contribution in [0.2, 0.25) is 0 Å². The summed E-state index contributed by atoms with van der Waals surface area (Å²) < 4.78 is 7.47. The van der Waals surface area contributed by atoms with Crippen LogP contribution in [-0.2, 0) is 17.7 Å². The second-order valence-electron chi connectivity index (χ2n) is 7.45. The van der Waals surface area contributed by atoms with Gasteiger partial charge in [0.15, 0.2) is 11.5 Å². The molecule has 3 heterocycles. The number of imidazole rings is 1. The molecule has 7 nitrogen and oxygen atoms in total. The predicted octanol–water partition coefficient (Wildman–Crippen LogP) is 2.69. The number of para-hydroxylation sites is 1. The lowest BCUT2D eigenvalue weighted by Crippen LogP contribution is -2.34. The van der Waals surface area contributed by atoms with Crippen LogP contribution in [0.4, 0.5) is 5.69 Å². The van der Waals surface area contributed by atoms with E-state index in [4.69, 9.17) is 4.74 Å². The smallest absolute Gasteiger partial charge is 0.287 e. The Balaban J connectivity index is 1.55. The monoisotopic (exact) mass is 382 g/mol. The third-order valence-corrected chi connectivity index (χ3v) is 5.44. The van der Waals surface area contributed by atoms with Crippen LogP contribution in [0.15, 0.2) is 24.3 Å². The van der Waals surface area contributed by atoms with Crippen LogP contribution in [0.3, 0.4) is 0 Å². The van der Waals surface area contributed by atoms with Crippen molar-refractivity contribution < 1.29 is 14.3 Å². The number of ether oxygens (including phenoxy) is 1. The molecule has 4 rings (SSSR count). The molecule has 0 bridgehead atoms. The minimum absolute atomic E-state index is 0.0727. The number of amides is 2. The quantitative estimate of drug-likeness (QED) is 0.833. The van der Waals surface area contributed by atoms with Crippen molar-refractivity contribution >= 4 is 17.5 Å². The fraction of sp³-hybridized carbons (Fsp3) is 0.476. The minimum Gasteiger partial charge on any atom is -0.376 e. The second-order valence-corrected chi connectivity index (χ2v) is 7.45. The van der Waals surface area contributed by atoms with E-state index in [1.165, 1.54) is 0 Å². The summed E-state index contributed by atoms with van der Waals surface area (Å²) in [5.74, 6) is -0.186. The summed E-state index contributed by atoms with van der Waals surface area (Å²) in [6, 6.07) is 7.63. The Hall–Kier alpha value is -2.67. The van der Waals surface area contributed by atoms with Gasteiger partial charge < -0.3 is 19.9 Å². The number of carbonyl (C=O) groups is 2. The molecule has 148 valence electrons. The molecule has 1 saturated heterocycles. The van der Waals surface area contributed by atoms with Crippen LogP contribution in [-0.4, -0.2) is 40.6 Å². The molecule has 1 atom stereocenters. The van der Waals surface area contributed by atoms with Crippen LogP contribution in [0.5, 0.6) is 0 Å². The van der Waals surface area contributed by atoms with Gasteiger partial charge in [-0.25, -0.2) is 4.98 Å². The van der Waals surface area contributed by atoms with Gasteiger partial charge in [0.05, 0.1) is 11.8 Å². The SMILES string of the molecule is Cc1ccccc1NC(=O)c1nc(C(=O)NCC2CCCO2)n2c1CCCC2. The van der Waals surface area contributed by atoms with E-state index in [-0.39, 0.29) is 17.9 Å². The second kappa shape index (κ2) is 8.14. The summed E-state index contributed by atoms with van der Waals surface area (Å²) in [5, 5.41) is 5.86. The molecule has 1 fully saturated rings. The fourth-order valence-electron chi connectivity index (χ4n) is 3.88. The first-order valence-corrected chi connectivity index (χ1v) is 9.99. The van der Waals surface area contributed by atoms with E-state index in [0.29, 0.717) is 24.6 Å². The van der Waals surface area contributed by atoms with Gasteiger partial charge in [0.1, 0.15) is 0 Å². The first-order valence-electron chi connectivity index (χ1n) is 9.99. The summed E-state index contributed by atoms with van der Waals surface area (Å²) in [7, 11) is 0. The van der Waals surface area contributed by atoms with Gasteiger partial charge in [0.2, 0.25) is 0 Å². The highest BCUT2D eigenvalue weighted by Gasteiger charge is 2.28. The van der Waals surface area contributed by atoms with E-state index in [9.17, 15) is 9.59 Å². The number of nitrogens with zero attached hydrogens (tertiary/aromatic N) is 2. The highest BCUT2D eigenvalue weighted by molar-refractivity contribution is 6.05. The molecule has 2 aromatic rings. The average Bonchev–Trinajstić information content (AvgIpc) is 3.36. The number of fused-ring (bicyclic) bond motifs is 1. The summed E-state index contributed by atoms with van der Waals surface area (Å²) in [5.41, 5.74) is 2.94. The summed E-state index contributed by atoms with van der Waals surface area (Å²) in [6.45, 7) is 3.89. The number of hydrogen-bond acceptors (Lipinski definition) is 4. The minimum atomic E-state index is -0.266. The molecule has 2 aliphatic rings. The van der Waals surface area contributed by atoms with Crippen molar-refractivity contribution in [2.75, 3.05) is 18.5 Å². The molecule has 0 spiro atoms. The molecule has 1 unspecified atom stereocenters. The number of hydrogen-bond donors (Lipinski definition) is 2. The topological polar surface area (TPSA) is 85.2 Å². The summed E-state index contributed by atoms with van der Waals surface area (Å²) >= 11 is 0. The van der Waals surface area contributed by atoms with Crippen molar-refractivity contribution in [1.29, 1.82) is 0 Å². The van der Waals surface area contributed by atoms with Crippen LogP contribution >= 0.6 is 0 Å². The van der Waals surface area contributed by atoms with Gasteiger partial charge in [-0.1, -0.05) is 18.2 Å². The maximum absolute atomic E-state index is 12.9. The first kappa shape index (κ1) is 18.7. The molecular weight excluding hydrogens is 356 g/mol. The average molecular weight is 382 g/mol. The zero-order valence-electron chi connectivity index (χ0n) is 16.2. The number of aromatic nitrogens is 2. The van der Waals surface area contributed by atoms with Crippen LogP contribution < -0.4 is 10.6 Å². The normalized spacial score (nSPS) is 18.5. The molecule has 1 aromatic heterocycles. The van der Waals surface area contributed by atoms with E-state index in [1.54, 1.807) is 0 Å². The third-order valence-electron chi connectivity index (χ3n) is 5.44. The van der Waals surface area contributed by atoms with E-state index < -0.39 is 0 Å². The third kappa shape index (κ3) is 3.80. The molecule has 2 amide bonds. The van der Waals surface area contributed by atoms with Gasteiger partial charge >= 0.3 is 0 Å². The number of benzene rings is 1. The maximum atomic E-state index is 12.9. The van der Waals surface area contributed by atoms with E-state index in [0.717, 1.165) is 55.7 Å². The van der Waals surface area contributed by atoms with Crippen molar-refractivity contribution in [3.63, 3.8) is 0 Å². The Morgan fingerprint density at radius 1 is 1.21 bits per heavy atom. The van der Waals surface area contributed by atoms with E-state index >= 15 is 0 Å². The molecule has 0 radical (unpaired) electrons. The van der Waals surface area contributed by atoms with Gasteiger partial charge in [-0.3, -0.25) is 9.59 Å². The van der Waals surface area contributed by atoms with Gasteiger partial charge in [-0.05, 0) is 50.7 Å². The standard InChI is InChI=1S/C21H26N4O3/c1-14-7-2-3-9-16(14)23-20(26)18-17-10-4-5-11-25(17)19(24-18)21(27)22-13-15-8-6-12-28-15/h2-3,7,9,15H,4-6,8,10-13H2,1H3,(H,22,27)(H,23,26). The molecule has 2 N–H and O–H groups in total. The van der Waals surface area contributed by atoms with Crippen LogP contribution in [0, 0.1) is 6.92 Å². The van der Waals surface area contributed by atoms with Crippen molar-refractivity contribution in [3.8, 4) is 0 Å². The molecule has 0 aliphatic carbocycles. The molecule has 2 aliphatic heterocycles. The Labute approximate surface area is 164 Å². The van der Waals surface area contributed by atoms with Crippen molar-refractivity contribution in [2.45, 2.75) is 51.7 Å². The van der Waals surface area contributed by atoms with Crippen molar-refractivity contribution in [2.24, 2.45) is 0 Å². The van der Waals surface area contributed by atoms with Gasteiger partial charge in [0.25, 0.3) is 11.8 Å². The highest BCUT2D eigenvalue weighted by Crippen LogP contribution is 2.23. The fourth-order valence-corrected chi connectivity index (χ4v) is 3.88. The Morgan fingerprint density at radius 2 is 2.07 bits per heavy atom. The predicted molar refractivity (Wildman–Crippen MR) is 106 cm³/mol. The molecule has 28 heavy (non-hydrogen) atoms. The first-order chi connectivity index (χ1) is 13.6. The largest absolute Gasteiger partial charge is 0.376 e. The molecule has 7 heteroatoms. The molecular formula is C21H26N4O3. The van der Waals surface area contributed by atoms with Crippen LogP contribution in [0.25, 0.3) is 0 Å². The zero-order chi connectivity index (χ0) is 19.5. The molecule has 0 saturated carbocycles. The number of aryl methyl sites for hydroxylation is 1. The van der Waals surface area contributed by atoms with E-state index in [1.807, 2.05) is 35.8 Å². The highest BCUT2D eigenvalue weighted by atomic mass is 16.5. The Morgan fingerprint density at radius 3 is 2.86 bits per heavy atom. The van der Waals surface area contributed by atoms with Gasteiger partial charge in [-0.15, -0.1) is 0 Å². The number of nitrogens with one attached hydrogen (secondary N) is 2. The Bertz CT molecular complexity index is 884. The summed E-state index contributed by atoms with van der Waals surface area (Å²) in [6.07, 6.45) is 4.79. The van der Waals surface area contributed by atoms with Crippen molar-refractivity contribution in [3.05, 3.63) is 47.0 Å². The van der Waals surface area contributed by atoms with Crippen LogP contribution in [0.1, 0.15) is 58.0 Å². The number of rotatable bonds is 5. The zero-order valence-corrected chi connectivity index (χ0v) is 16.2. The van der Waals surface area contributed by atoms with Gasteiger partial charge in [0, 0.05) is 25.4 Å².